The fraction of sp³-hybridized carbons (Fsp3) is 0.417. The van der Waals surface area contributed by atoms with Crippen molar-refractivity contribution in [3.63, 3.8) is 0 Å². The maximum atomic E-state index is 11.0. The van der Waals surface area contributed by atoms with Crippen molar-refractivity contribution in [2.45, 2.75) is 0 Å². The fourth-order valence-corrected chi connectivity index (χ4v) is 1.73. The molecule has 0 aliphatic heterocycles. The van der Waals surface area contributed by atoms with Gasteiger partial charge in [0, 0.05) is 11.6 Å². The third-order valence-corrected chi connectivity index (χ3v) is 2.78. The minimum Gasteiger partial charge on any atom is -0.491 e. The van der Waals surface area contributed by atoms with E-state index in [0.29, 0.717) is 28.9 Å². The lowest BCUT2D eigenvalue weighted by Crippen LogP contribution is -2.30. The van der Waals surface area contributed by atoms with E-state index in [9.17, 15) is 4.79 Å². The van der Waals surface area contributed by atoms with Crippen LogP contribution in [0.4, 0.5) is 0 Å². The number of halogens is 2. The maximum absolute atomic E-state index is 11.0. The van der Waals surface area contributed by atoms with Crippen LogP contribution in [0, 0.1) is 0 Å². The quantitative estimate of drug-likeness (QED) is 0.755. The summed E-state index contributed by atoms with van der Waals surface area (Å²) in [6.07, 6.45) is 0. The Labute approximate surface area is 116 Å². The van der Waals surface area contributed by atoms with E-state index in [0.717, 1.165) is 0 Å². The molecule has 0 unspecified atom stereocenters. The van der Waals surface area contributed by atoms with Crippen LogP contribution in [0.2, 0.25) is 10.0 Å². The molecule has 0 spiro atoms. The van der Waals surface area contributed by atoms with Crippen LogP contribution < -0.4 is 4.74 Å². The van der Waals surface area contributed by atoms with Gasteiger partial charge in [-0.05, 0) is 25.2 Å². The highest BCUT2D eigenvalue weighted by molar-refractivity contribution is 6.35. The highest BCUT2D eigenvalue weighted by atomic mass is 35.5. The summed E-state index contributed by atoms with van der Waals surface area (Å²) in [5.41, 5.74) is 0. The molecule has 0 saturated carbocycles. The van der Waals surface area contributed by atoms with Gasteiger partial charge in [0.2, 0.25) is 0 Å². The van der Waals surface area contributed by atoms with Crippen LogP contribution in [0.5, 0.6) is 5.75 Å². The summed E-state index contributed by atoms with van der Waals surface area (Å²) >= 11 is 11.7. The summed E-state index contributed by atoms with van der Waals surface area (Å²) in [6, 6.07) is 5.04. The van der Waals surface area contributed by atoms with Gasteiger partial charge in [0.1, 0.15) is 12.4 Å². The van der Waals surface area contributed by atoms with Gasteiger partial charge in [-0.1, -0.05) is 23.2 Å². The Morgan fingerprint density at radius 1 is 1.39 bits per heavy atom. The SMILES string of the molecule is COC(=O)CN(C)CCOc1ccc(Cl)cc1Cl. The van der Waals surface area contributed by atoms with Crippen LogP contribution in [0.1, 0.15) is 0 Å². The first-order valence-corrected chi connectivity index (χ1v) is 6.11. The van der Waals surface area contributed by atoms with Crippen molar-refractivity contribution >= 4 is 29.2 Å². The molecule has 0 amide bonds. The Morgan fingerprint density at radius 2 is 2.11 bits per heavy atom. The minimum atomic E-state index is -0.276. The third kappa shape index (κ3) is 5.12. The maximum Gasteiger partial charge on any atom is 0.319 e. The molecule has 0 fully saturated rings. The van der Waals surface area contributed by atoms with Crippen molar-refractivity contribution in [1.29, 1.82) is 0 Å². The Kier molecular flexibility index (Phi) is 6.25. The van der Waals surface area contributed by atoms with E-state index in [1.54, 1.807) is 23.1 Å². The van der Waals surface area contributed by atoms with E-state index in [2.05, 4.69) is 4.74 Å². The van der Waals surface area contributed by atoms with Crippen LogP contribution in [0.25, 0.3) is 0 Å². The molecule has 18 heavy (non-hydrogen) atoms. The lowest BCUT2D eigenvalue weighted by molar-refractivity contribution is -0.141. The van der Waals surface area contributed by atoms with Crippen LogP contribution in [-0.4, -0.2) is 44.7 Å². The summed E-state index contributed by atoms with van der Waals surface area (Å²) in [7, 11) is 3.17. The average Bonchev–Trinajstić information content (AvgIpc) is 2.31. The zero-order valence-corrected chi connectivity index (χ0v) is 11.8. The molecular formula is C12H15Cl2NO3. The summed E-state index contributed by atoms with van der Waals surface area (Å²) in [5.74, 6) is 0.301. The molecular weight excluding hydrogens is 277 g/mol. The van der Waals surface area contributed by atoms with E-state index in [1.165, 1.54) is 7.11 Å². The van der Waals surface area contributed by atoms with E-state index in [1.807, 2.05) is 7.05 Å². The number of benzene rings is 1. The zero-order chi connectivity index (χ0) is 13.5. The summed E-state index contributed by atoms with van der Waals surface area (Å²) in [6.45, 7) is 1.25. The highest BCUT2D eigenvalue weighted by Crippen LogP contribution is 2.27. The van der Waals surface area contributed by atoms with Crippen LogP contribution in [0.15, 0.2) is 18.2 Å². The van der Waals surface area contributed by atoms with Gasteiger partial charge in [-0.25, -0.2) is 0 Å². The molecule has 0 atom stereocenters. The molecule has 1 rings (SSSR count). The summed E-state index contributed by atoms with van der Waals surface area (Å²) < 4.78 is 10.1. The molecule has 1 aromatic rings. The number of nitrogens with zero attached hydrogens (tertiary/aromatic N) is 1. The van der Waals surface area contributed by atoms with Gasteiger partial charge < -0.3 is 9.47 Å². The Balaban J connectivity index is 2.35. The van der Waals surface area contributed by atoms with E-state index in [-0.39, 0.29) is 12.5 Å². The fourth-order valence-electron chi connectivity index (χ4n) is 1.27. The molecule has 0 heterocycles. The Bertz CT molecular complexity index is 412. The number of carbonyl (C=O) groups is 1. The lowest BCUT2D eigenvalue weighted by atomic mass is 10.3. The smallest absolute Gasteiger partial charge is 0.319 e. The summed E-state index contributed by atoms with van der Waals surface area (Å²) in [4.78, 5) is 12.8. The van der Waals surface area contributed by atoms with Gasteiger partial charge in [-0.15, -0.1) is 0 Å². The molecule has 0 N–H and O–H groups in total. The van der Waals surface area contributed by atoms with Gasteiger partial charge >= 0.3 is 5.97 Å². The van der Waals surface area contributed by atoms with E-state index >= 15 is 0 Å². The normalized spacial score (nSPS) is 10.5. The number of methoxy groups -OCH3 is 1. The van der Waals surface area contributed by atoms with Crippen molar-refractivity contribution in [1.82, 2.24) is 4.90 Å². The molecule has 0 radical (unpaired) electrons. The van der Waals surface area contributed by atoms with E-state index in [4.69, 9.17) is 27.9 Å². The van der Waals surface area contributed by atoms with E-state index < -0.39 is 0 Å². The number of likely N-dealkylation sites (N-methyl/N-ethyl adjacent to an activating group) is 1. The van der Waals surface area contributed by atoms with Gasteiger partial charge in [-0.2, -0.15) is 0 Å². The van der Waals surface area contributed by atoms with Gasteiger partial charge in [0.05, 0.1) is 18.7 Å². The monoisotopic (exact) mass is 291 g/mol. The first kappa shape index (κ1) is 15.1. The van der Waals surface area contributed by atoms with Gasteiger partial charge in [-0.3, -0.25) is 9.69 Å². The topological polar surface area (TPSA) is 38.8 Å². The van der Waals surface area contributed by atoms with Crippen molar-refractivity contribution in [3.8, 4) is 5.75 Å². The van der Waals surface area contributed by atoms with Crippen molar-refractivity contribution in [2.75, 3.05) is 33.9 Å². The number of hydrogen-bond donors (Lipinski definition) is 0. The number of hydrogen-bond acceptors (Lipinski definition) is 4. The third-order valence-electron chi connectivity index (χ3n) is 2.25. The van der Waals surface area contributed by atoms with Crippen LogP contribution in [-0.2, 0) is 9.53 Å². The highest BCUT2D eigenvalue weighted by Gasteiger charge is 2.07. The molecule has 6 heteroatoms. The summed E-state index contributed by atoms with van der Waals surface area (Å²) in [5, 5.41) is 1.04. The van der Waals surface area contributed by atoms with Crippen molar-refractivity contribution in [2.24, 2.45) is 0 Å². The van der Waals surface area contributed by atoms with Crippen molar-refractivity contribution < 1.29 is 14.3 Å². The molecule has 100 valence electrons. The average molecular weight is 292 g/mol. The number of rotatable bonds is 6. The number of ether oxygens (including phenoxy) is 2. The second-order valence-electron chi connectivity index (χ2n) is 3.74. The Morgan fingerprint density at radius 3 is 2.72 bits per heavy atom. The number of carbonyl (C=O) groups excluding carboxylic acids is 1. The molecule has 4 nitrogen and oxygen atoms in total. The van der Waals surface area contributed by atoms with Gasteiger partial charge in [0.25, 0.3) is 0 Å². The second kappa shape index (κ2) is 7.46. The lowest BCUT2D eigenvalue weighted by Gasteiger charge is -2.15. The molecule has 1 aromatic carbocycles. The van der Waals surface area contributed by atoms with Crippen LogP contribution in [0.3, 0.4) is 0 Å². The zero-order valence-electron chi connectivity index (χ0n) is 10.3. The van der Waals surface area contributed by atoms with Crippen molar-refractivity contribution in [3.05, 3.63) is 28.2 Å². The van der Waals surface area contributed by atoms with Crippen LogP contribution >= 0.6 is 23.2 Å². The molecule has 0 aliphatic carbocycles. The number of esters is 1. The predicted octanol–water partition coefficient (Wildman–Crippen LogP) is 2.48. The van der Waals surface area contributed by atoms with Gasteiger partial charge in [0.15, 0.2) is 0 Å². The largest absolute Gasteiger partial charge is 0.491 e. The molecule has 0 aromatic heterocycles. The standard InChI is InChI=1S/C12H15Cl2NO3/c1-15(8-12(16)17-2)5-6-18-11-4-3-9(13)7-10(11)14/h3-4,7H,5-6,8H2,1-2H3. The second-order valence-corrected chi connectivity index (χ2v) is 4.58. The predicted molar refractivity (Wildman–Crippen MR) is 71.5 cm³/mol. The Hall–Kier alpha value is -0.970. The molecule has 0 aliphatic rings. The molecule has 0 bridgehead atoms. The minimum absolute atomic E-state index is 0.230. The first-order chi connectivity index (χ1) is 8.52. The first-order valence-electron chi connectivity index (χ1n) is 5.36. The molecule has 0 saturated heterocycles.